The number of nitrogens with one attached hydrogen (secondary N) is 2. The van der Waals surface area contributed by atoms with Gasteiger partial charge in [0.25, 0.3) is 5.91 Å². The number of amides is 1. The number of hydrogen-bond donors (Lipinski definition) is 4. The Morgan fingerprint density at radius 2 is 1.98 bits per heavy atom. The van der Waals surface area contributed by atoms with Crippen molar-refractivity contribution in [2.45, 2.75) is 69.1 Å². The summed E-state index contributed by atoms with van der Waals surface area (Å²) in [7, 11) is -2.25. The number of pyridine rings is 2. The summed E-state index contributed by atoms with van der Waals surface area (Å²) in [5, 5.41) is 7.81. The van der Waals surface area contributed by atoms with Crippen molar-refractivity contribution >= 4 is 28.1 Å². The number of hydrogen-bond acceptors (Lipinski definition) is 9. The Morgan fingerprint density at radius 1 is 1.20 bits per heavy atom. The molecule has 0 bridgehead atoms. The highest BCUT2D eigenvalue weighted by molar-refractivity contribution is 7.73. The van der Waals surface area contributed by atoms with Crippen LogP contribution in [0.1, 0.15) is 62.7 Å². The van der Waals surface area contributed by atoms with Gasteiger partial charge >= 0.3 is 6.18 Å². The molecule has 3 aromatic rings. The van der Waals surface area contributed by atoms with E-state index in [2.05, 4.69) is 34.1 Å². The van der Waals surface area contributed by atoms with Crippen LogP contribution in [0.25, 0.3) is 5.82 Å². The Labute approximate surface area is 255 Å². The average Bonchev–Trinajstić information content (AvgIpc) is 3.51. The molecule has 1 aliphatic carbocycles. The molecule has 1 aliphatic heterocycles. The highest BCUT2D eigenvalue weighted by Crippen LogP contribution is 2.59. The van der Waals surface area contributed by atoms with Crippen molar-refractivity contribution in [3.8, 4) is 11.7 Å². The smallest absolute Gasteiger partial charge is 0.394 e. The summed E-state index contributed by atoms with van der Waals surface area (Å²) in [6, 6.07) is 9.87. The summed E-state index contributed by atoms with van der Waals surface area (Å²) in [5.74, 6) is 1.35. The zero-order valence-corrected chi connectivity index (χ0v) is 25.5. The quantitative estimate of drug-likeness (QED) is 0.152. The molecule has 11 nitrogen and oxygen atoms in total. The Bertz CT molecular complexity index is 1580. The summed E-state index contributed by atoms with van der Waals surface area (Å²) in [4.78, 5) is 23.5. The molecule has 1 amide bonds. The number of alkyl halides is 3. The first-order valence-corrected chi connectivity index (χ1v) is 15.8. The average molecular weight is 635 g/mol. The van der Waals surface area contributed by atoms with Crippen LogP contribution in [0.3, 0.4) is 0 Å². The maximum Gasteiger partial charge on any atom is 0.394 e. The third-order valence-electron chi connectivity index (χ3n) is 8.46. The molecular formula is C29H37F3N8O3S. The van der Waals surface area contributed by atoms with E-state index < -0.39 is 28.1 Å². The summed E-state index contributed by atoms with van der Waals surface area (Å²) in [6.07, 6.45) is 0.142. The molecule has 4 N–H and O–H groups in total. The molecule has 1 saturated heterocycles. The Kier molecular flexibility index (Phi) is 8.78. The van der Waals surface area contributed by atoms with Crippen LogP contribution < -0.4 is 20.7 Å². The van der Waals surface area contributed by atoms with Gasteiger partial charge in [0.2, 0.25) is 5.88 Å². The molecule has 0 aromatic carbocycles. The minimum absolute atomic E-state index is 0.0932. The summed E-state index contributed by atoms with van der Waals surface area (Å²) in [5.41, 5.74) is 4.06. The second kappa shape index (κ2) is 12.3. The third-order valence-corrected chi connectivity index (χ3v) is 9.13. The van der Waals surface area contributed by atoms with Crippen molar-refractivity contribution in [3.05, 3.63) is 48.2 Å². The van der Waals surface area contributed by atoms with E-state index in [0.717, 1.165) is 19.3 Å². The van der Waals surface area contributed by atoms with Crippen LogP contribution in [0.2, 0.25) is 0 Å². The fourth-order valence-electron chi connectivity index (χ4n) is 5.85. The van der Waals surface area contributed by atoms with Crippen molar-refractivity contribution in [2.24, 2.45) is 17.1 Å². The first-order valence-electron chi connectivity index (χ1n) is 14.5. The maximum absolute atomic E-state index is 13.2. The van der Waals surface area contributed by atoms with Crippen LogP contribution in [0.15, 0.2) is 47.6 Å². The van der Waals surface area contributed by atoms with Crippen LogP contribution in [-0.2, 0) is 10.6 Å². The molecule has 2 fully saturated rings. The van der Waals surface area contributed by atoms with Gasteiger partial charge in [-0.15, -0.1) is 5.10 Å². The summed E-state index contributed by atoms with van der Waals surface area (Å²) >= 11 is 0. The normalized spacial score (nSPS) is 19.5. The van der Waals surface area contributed by atoms with Crippen molar-refractivity contribution in [1.82, 2.24) is 19.7 Å². The summed E-state index contributed by atoms with van der Waals surface area (Å²) < 4.78 is 65.4. The lowest BCUT2D eigenvalue weighted by Crippen LogP contribution is -2.40. The highest BCUT2D eigenvalue weighted by atomic mass is 32.2. The molecule has 0 spiro atoms. The topological polar surface area (TPSA) is 152 Å². The number of carbonyl (C=O) groups excluding carboxylic acids is 1. The number of ether oxygens (including phenoxy) is 1. The lowest BCUT2D eigenvalue weighted by atomic mass is 9.93. The minimum Gasteiger partial charge on any atom is -0.477 e. The van der Waals surface area contributed by atoms with Gasteiger partial charge in [0.15, 0.2) is 5.82 Å². The van der Waals surface area contributed by atoms with Crippen LogP contribution in [0, 0.1) is 16.1 Å². The molecular weight excluding hydrogens is 597 g/mol. The molecule has 2 atom stereocenters. The largest absolute Gasteiger partial charge is 0.477 e. The second-order valence-corrected chi connectivity index (χ2v) is 13.2. The van der Waals surface area contributed by atoms with Crippen LogP contribution in [-0.4, -0.2) is 61.3 Å². The van der Waals surface area contributed by atoms with Gasteiger partial charge in [0.05, 0.1) is 28.2 Å². The molecule has 44 heavy (non-hydrogen) atoms. The molecule has 4 heterocycles. The van der Waals surface area contributed by atoms with E-state index in [-0.39, 0.29) is 47.9 Å². The number of thiol groups is 1. The highest BCUT2D eigenvalue weighted by Gasteiger charge is 2.62. The maximum atomic E-state index is 13.2. The SMILES string of the molecule is CC1(C)C[C@@H](CCCNc2cccc([SH](=N)=O)n2)CN1c1nc(-n2ccc(OCCC3(C(F)(F)F)CC3)n2)ccc1C(N)=O. The van der Waals surface area contributed by atoms with E-state index in [4.69, 9.17) is 20.2 Å². The number of anilines is 2. The van der Waals surface area contributed by atoms with Gasteiger partial charge in [0, 0.05) is 30.9 Å². The monoisotopic (exact) mass is 634 g/mol. The van der Waals surface area contributed by atoms with Gasteiger partial charge < -0.3 is 20.7 Å². The van der Waals surface area contributed by atoms with Gasteiger partial charge in [-0.1, -0.05) is 6.07 Å². The van der Waals surface area contributed by atoms with Crippen LogP contribution >= 0.6 is 0 Å². The molecule has 15 heteroatoms. The van der Waals surface area contributed by atoms with E-state index in [9.17, 15) is 22.2 Å². The van der Waals surface area contributed by atoms with Crippen molar-refractivity contribution in [2.75, 3.05) is 29.9 Å². The van der Waals surface area contributed by atoms with Crippen molar-refractivity contribution < 1.29 is 26.9 Å². The van der Waals surface area contributed by atoms with Gasteiger partial charge in [-0.3, -0.25) is 4.79 Å². The summed E-state index contributed by atoms with van der Waals surface area (Å²) in [6.45, 7) is 5.41. The second-order valence-electron chi connectivity index (χ2n) is 12.1. The fourth-order valence-corrected chi connectivity index (χ4v) is 6.27. The van der Waals surface area contributed by atoms with Gasteiger partial charge in [0.1, 0.15) is 16.7 Å². The number of nitrogens with two attached hydrogens (primary N) is 1. The van der Waals surface area contributed by atoms with Crippen molar-refractivity contribution in [1.29, 1.82) is 4.78 Å². The van der Waals surface area contributed by atoms with E-state index in [1.165, 1.54) is 4.68 Å². The van der Waals surface area contributed by atoms with Gasteiger partial charge in [-0.05, 0) is 82.6 Å². The standard InChI is InChI=1S/C29H37F3N8O3S/c1-27(2)17-19(5-4-14-35-21-6-3-7-24(36-21)44(34)42)18-39(27)26-20(25(33)41)8-9-22(37-26)40-15-10-23(38-40)43-16-13-28(11-12-28)29(30,31)32/h3,6-10,15,19,34,44H,4-5,11-14,16-18H2,1-2H3,(H2,33,41)(H,35,36)/t19-/m1/s1. The number of aromatic nitrogens is 4. The zero-order valence-electron chi connectivity index (χ0n) is 24.6. The zero-order chi connectivity index (χ0) is 31.7. The molecule has 2 aliphatic rings. The predicted molar refractivity (Wildman–Crippen MR) is 160 cm³/mol. The number of carbonyl (C=O) groups is 1. The number of rotatable bonds is 13. The van der Waals surface area contributed by atoms with E-state index in [0.29, 0.717) is 36.5 Å². The molecule has 5 rings (SSSR count). The van der Waals surface area contributed by atoms with Gasteiger partial charge in [-0.25, -0.2) is 23.6 Å². The lowest BCUT2D eigenvalue weighted by Gasteiger charge is -2.33. The predicted octanol–water partition coefficient (Wildman–Crippen LogP) is 4.97. The first-order chi connectivity index (χ1) is 20.8. The van der Waals surface area contributed by atoms with E-state index in [1.807, 2.05) is 0 Å². The molecule has 0 radical (unpaired) electrons. The van der Waals surface area contributed by atoms with Crippen LogP contribution in [0.5, 0.6) is 5.88 Å². The Morgan fingerprint density at radius 3 is 2.66 bits per heavy atom. The third kappa shape index (κ3) is 6.92. The van der Waals surface area contributed by atoms with Crippen LogP contribution in [0.4, 0.5) is 24.8 Å². The van der Waals surface area contributed by atoms with Crippen molar-refractivity contribution in [3.63, 3.8) is 0 Å². The lowest BCUT2D eigenvalue weighted by molar-refractivity contribution is -0.190. The molecule has 1 saturated carbocycles. The van der Waals surface area contributed by atoms with Gasteiger partial charge in [-0.2, -0.15) is 13.2 Å². The minimum atomic E-state index is -4.23. The molecule has 238 valence electrons. The van der Waals surface area contributed by atoms with E-state index >= 15 is 0 Å². The number of halogens is 3. The number of primary amides is 1. The first kappa shape index (κ1) is 31.5. The fraction of sp³-hybridized carbons (Fsp3) is 0.517. The molecule has 1 unspecified atom stereocenters. The Balaban J connectivity index is 1.23. The van der Waals surface area contributed by atoms with E-state index in [1.54, 1.807) is 42.6 Å². The molecule has 3 aromatic heterocycles. The Hall–Kier alpha value is -3.88. The number of nitrogens with zero attached hydrogens (tertiary/aromatic N) is 5.